The van der Waals surface area contributed by atoms with E-state index in [-0.39, 0.29) is 48.0 Å². The predicted octanol–water partition coefficient (Wildman–Crippen LogP) is 1.53. The summed E-state index contributed by atoms with van der Waals surface area (Å²) in [4.78, 5) is 39.7. The quantitative estimate of drug-likeness (QED) is 0.248. The maximum Gasteiger partial charge on any atom is 0.269 e. The van der Waals surface area contributed by atoms with Crippen LogP contribution in [0.25, 0.3) is 11.0 Å². The molecule has 0 aliphatic rings. The van der Waals surface area contributed by atoms with Crippen molar-refractivity contribution in [1.29, 1.82) is 0 Å². The Morgan fingerprint density at radius 1 is 1.08 bits per heavy atom. The van der Waals surface area contributed by atoms with Crippen LogP contribution in [0.5, 0.6) is 0 Å². The second-order valence-corrected chi connectivity index (χ2v) is 10.0. The lowest BCUT2D eigenvalue weighted by molar-refractivity contribution is -0.384. The Hall–Kier alpha value is -4.39. The molecule has 1 N–H and O–H groups in total. The van der Waals surface area contributed by atoms with Gasteiger partial charge in [0.1, 0.15) is 11.7 Å². The minimum absolute atomic E-state index is 0.0362. The topological polar surface area (TPSA) is 159 Å². The summed E-state index contributed by atoms with van der Waals surface area (Å²) in [6, 6.07) is 13.8. The maximum absolute atomic E-state index is 12.8. The van der Waals surface area contributed by atoms with Crippen LogP contribution in [0.2, 0.25) is 0 Å². The van der Waals surface area contributed by atoms with E-state index in [1.807, 2.05) is 0 Å². The highest BCUT2D eigenvalue weighted by Crippen LogP contribution is 2.13. The van der Waals surface area contributed by atoms with Crippen molar-refractivity contribution in [1.82, 2.24) is 24.6 Å². The van der Waals surface area contributed by atoms with Gasteiger partial charge in [0, 0.05) is 25.1 Å². The van der Waals surface area contributed by atoms with E-state index in [0.29, 0.717) is 16.6 Å². The number of aromatic nitrogens is 4. The zero-order chi connectivity index (χ0) is 25.7. The van der Waals surface area contributed by atoms with Gasteiger partial charge in [-0.2, -0.15) is 5.10 Å². The molecule has 0 aliphatic carbocycles. The van der Waals surface area contributed by atoms with Gasteiger partial charge in [-0.25, -0.2) is 18.1 Å². The molecule has 2 heterocycles. The Labute approximate surface area is 205 Å². The molecule has 0 atom stereocenters. The summed E-state index contributed by atoms with van der Waals surface area (Å²) < 4.78 is 27.5. The Balaban J connectivity index is 1.34. The van der Waals surface area contributed by atoms with Gasteiger partial charge in [-0.05, 0) is 17.7 Å². The van der Waals surface area contributed by atoms with Crippen molar-refractivity contribution in [3.63, 3.8) is 0 Å². The molecule has 0 fully saturated rings. The standard InChI is InChI=1S/C23H22N6O6S/c30-21(10-13-36(34,35)19-4-2-1-3-5-19)24-11-12-28-22-20(14-26-28)23(31)27(16-25-22)15-17-6-8-18(9-7-17)29(32)33/h1-9,14,16H,10-13,15H2,(H,24,30). The van der Waals surface area contributed by atoms with Gasteiger partial charge in [0.25, 0.3) is 11.2 Å². The van der Waals surface area contributed by atoms with E-state index in [1.54, 1.807) is 30.3 Å². The molecule has 4 rings (SSSR count). The monoisotopic (exact) mass is 510 g/mol. The number of nitrogens with zero attached hydrogens (tertiary/aromatic N) is 5. The molecule has 2 aromatic heterocycles. The summed E-state index contributed by atoms with van der Waals surface area (Å²) in [5.41, 5.74) is 0.694. The number of amides is 1. The highest BCUT2D eigenvalue weighted by molar-refractivity contribution is 7.91. The first-order chi connectivity index (χ1) is 17.2. The third-order valence-corrected chi connectivity index (χ3v) is 7.20. The third kappa shape index (κ3) is 5.63. The van der Waals surface area contributed by atoms with E-state index in [9.17, 15) is 28.1 Å². The van der Waals surface area contributed by atoms with Gasteiger partial charge in [-0.15, -0.1) is 0 Å². The summed E-state index contributed by atoms with van der Waals surface area (Å²) in [7, 11) is -3.55. The lowest BCUT2D eigenvalue weighted by Gasteiger charge is -2.08. The SMILES string of the molecule is O=C(CCS(=O)(=O)c1ccccc1)NCCn1ncc2c(=O)n(Cc3ccc([N+](=O)[O-])cc3)cnc21. The molecule has 2 aromatic carbocycles. The minimum atomic E-state index is -3.55. The largest absolute Gasteiger partial charge is 0.354 e. The van der Waals surface area contributed by atoms with E-state index < -0.39 is 20.7 Å². The molecule has 13 heteroatoms. The van der Waals surface area contributed by atoms with Gasteiger partial charge in [-0.3, -0.25) is 24.3 Å². The molecule has 0 saturated carbocycles. The second kappa shape index (κ2) is 10.5. The third-order valence-electron chi connectivity index (χ3n) is 5.47. The summed E-state index contributed by atoms with van der Waals surface area (Å²) in [6.07, 6.45) is 2.59. The number of hydrogen-bond donors (Lipinski definition) is 1. The van der Waals surface area contributed by atoms with Crippen LogP contribution >= 0.6 is 0 Å². The van der Waals surface area contributed by atoms with E-state index in [2.05, 4.69) is 15.4 Å². The fourth-order valence-corrected chi connectivity index (χ4v) is 4.82. The Bertz CT molecular complexity index is 1560. The molecule has 0 aliphatic heterocycles. The van der Waals surface area contributed by atoms with Gasteiger partial charge in [-0.1, -0.05) is 30.3 Å². The first kappa shape index (κ1) is 24.7. The number of nitro groups is 1. The van der Waals surface area contributed by atoms with Crippen molar-refractivity contribution in [3.05, 3.63) is 93.2 Å². The average molecular weight is 511 g/mol. The van der Waals surface area contributed by atoms with Crippen LogP contribution in [-0.2, 0) is 27.7 Å². The van der Waals surface area contributed by atoms with Crippen LogP contribution in [0, 0.1) is 10.1 Å². The predicted molar refractivity (Wildman–Crippen MR) is 130 cm³/mol. The normalized spacial score (nSPS) is 11.4. The summed E-state index contributed by atoms with van der Waals surface area (Å²) in [6.45, 7) is 0.598. The van der Waals surface area contributed by atoms with Gasteiger partial charge >= 0.3 is 0 Å². The van der Waals surface area contributed by atoms with Gasteiger partial charge in [0.15, 0.2) is 15.5 Å². The maximum atomic E-state index is 12.8. The van der Waals surface area contributed by atoms with Crippen molar-refractivity contribution in [2.45, 2.75) is 24.4 Å². The van der Waals surface area contributed by atoms with Crippen LogP contribution in [-0.4, -0.2) is 50.9 Å². The molecule has 36 heavy (non-hydrogen) atoms. The Morgan fingerprint density at radius 2 is 1.81 bits per heavy atom. The second-order valence-electron chi connectivity index (χ2n) is 7.94. The number of fused-ring (bicyclic) bond motifs is 1. The number of nitrogens with one attached hydrogen (secondary N) is 1. The van der Waals surface area contributed by atoms with E-state index in [1.165, 1.54) is 46.0 Å². The zero-order valence-corrected chi connectivity index (χ0v) is 19.8. The molecule has 0 radical (unpaired) electrons. The molecular weight excluding hydrogens is 488 g/mol. The molecule has 0 unspecified atom stereocenters. The molecule has 0 saturated heterocycles. The van der Waals surface area contributed by atoms with Crippen LogP contribution in [0.3, 0.4) is 0 Å². The number of carbonyl (C=O) groups excluding carboxylic acids is 1. The molecule has 1 amide bonds. The van der Waals surface area contributed by atoms with Crippen molar-refractivity contribution in [2.75, 3.05) is 12.3 Å². The number of sulfone groups is 1. The summed E-state index contributed by atoms with van der Waals surface area (Å²) >= 11 is 0. The Kier molecular flexibility index (Phi) is 7.20. The number of nitro benzene ring substituents is 1. The summed E-state index contributed by atoms with van der Waals surface area (Å²) in [5, 5.41) is 17.9. The molecule has 186 valence electrons. The molecular formula is C23H22N6O6S. The number of non-ortho nitro benzene ring substituents is 1. The van der Waals surface area contributed by atoms with Crippen LogP contribution in [0.1, 0.15) is 12.0 Å². The highest BCUT2D eigenvalue weighted by atomic mass is 32.2. The van der Waals surface area contributed by atoms with E-state index in [4.69, 9.17) is 0 Å². The number of hydrogen-bond acceptors (Lipinski definition) is 8. The fraction of sp³-hybridized carbons (Fsp3) is 0.217. The number of rotatable bonds is 10. The molecule has 0 bridgehead atoms. The molecule has 4 aromatic rings. The number of carbonyl (C=O) groups is 1. The molecule has 0 spiro atoms. The minimum Gasteiger partial charge on any atom is -0.354 e. The van der Waals surface area contributed by atoms with Gasteiger partial charge < -0.3 is 5.32 Å². The number of benzene rings is 2. The lowest BCUT2D eigenvalue weighted by Crippen LogP contribution is -2.29. The van der Waals surface area contributed by atoms with Crippen molar-refractivity contribution >= 4 is 32.5 Å². The van der Waals surface area contributed by atoms with E-state index in [0.717, 1.165) is 0 Å². The first-order valence-corrected chi connectivity index (χ1v) is 12.6. The van der Waals surface area contributed by atoms with Gasteiger partial charge in [0.2, 0.25) is 5.91 Å². The Morgan fingerprint density at radius 3 is 2.50 bits per heavy atom. The van der Waals surface area contributed by atoms with Crippen LogP contribution < -0.4 is 10.9 Å². The summed E-state index contributed by atoms with van der Waals surface area (Å²) in [5.74, 6) is -0.715. The fourth-order valence-electron chi connectivity index (χ4n) is 3.56. The van der Waals surface area contributed by atoms with E-state index >= 15 is 0 Å². The van der Waals surface area contributed by atoms with Crippen LogP contribution in [0.4, 0.5) is 5.69 Å². The van der Waals surface area contributed by atoms with Crippen molar-refractivity contribution < 1.29 is 18.1 Å². The lowest BCUT2D eigenvalue weighted by atomic mass is 10.2. The van der Waals surface area contributed by atoms with Gasteiger partial charge in [0.05, 0.1) is 34.9 Å². The van der Waals surface area contributed by atoms with Crippen LogP contribution in [0.15, 0.2) is 76.8 Å². The molecule has 12 nitrogen and oxygen atoms in total. The first-order valence-electron chi connectivity index (χ1n) is 10.9. The van der Waals surface area contributed by atoms with Crippen molar-refractivity contribution in [2.24, 2.45) is 0 Å². The zero-order valence-electron chi connectivity index (χ0n) is 19.0. The smallest absolute Gasteiger partial charge is 0.269 e. The van der Waals surface area contributed by atoms with Crippen molar-refractivity contribution in [3.8, 4) is 0 Å². The highest BCUT2D eigenvalue weighted by Gasteiger charge is 2.16. The average Bonchev–Trinajstić information content (AvgIpc) is 3.29.